The van der Waals surface area contributed by atoms with Crippen molar-refractivity contribution < 1.29 is 18.9 Å². The van der Waals surface area contributed by atoms with E-state index >= 15 is 0 Å². The predicted octanol–water partition coefficient (Wildman–Crippen LogP) is 4.64. The lowest BCUT2D eigenvalue weighted by Gasteiger charge is -2.07. The van der Waals surface area contributed by atoms with Gasteiger partial charge < -0.3 is 10.6 Å². The standard InChI is InChI=1S/C22H16FN3O4/c23-17-7-9-18(10-8-17)25-22(28)16-2-1-3-19(14-16)24-21(27)13-6-15-4-11-20(12-5-15)26(29)30/h1-14H,(H,24,27)(H,25,28)/b13-6+. The first-order valence-electron chi connectivity index (χ1n) is 8.81. The van der Waals surface area contributed by atoms with Crippen LogP contribution in [-0.4, -0.2) is 16.7 Å². The third-order valence-corrected chi connectivity index (χ3v) is 4.03. The fraction of sp³-hybridized carbons (Fsp3) is 0. The van der Waals surface area contributed by atoms with Crippen LogP contribution in [-0.2, 0) is 4.79 Å². The number of carbonyl (C=O) groups excluding carboxylic acids is 2. The number of nitro benzene ring substituents is 1. The highest BCUT2D eigenvalue weighted by Gasteiger charge is 2.08. The number of nitrogens with one attached hydrogen (secondary N) is 2. The Labute approximate surface area is 171 Å². The quantitative estimate of drug-likeness (QED) is 0.354. The Hall–Kier alpha value is -4.33. The van der Waals surface area contributed by atoms with Gasteiger partial charge in [0.1, 0.15) is 5.82 Å². The van der Waals surface area contributed by atoms with Crippen LogP contribution in [0.15, 0.2) is 78.9 Å². The molecule has 150 valence electrons. The van der Waals surface area contributed by atoms with Gasteiger partial charge in [0.25, 0.3) is 11.6 Å². The normalized spacial score (nSPS) is 10.6. The van der Waals surface area contributed by atoms with Crippen LogP contribution >= 0.6 is 0 Å². The Kier molecular flexibility index (Phi) is 6.29. The molecule has 0 aliphatic heterocycles. The largest absolute Gasteiger partial charge is 0.322 e. The maximum absolute atomic E-state index is 13.0. The fourth-order valence-electron chi connectivity index (χ4n) is 2.54. The topological polar surface area (TPSA) is 101 Å². The molecule has 0 atom stereocenters. The lowest BCUT2D eigenvalue weighted by atomic mass is 10.1. The average Bonchev–Trinajstić information content (AvgIpc) is 2.74. The van der Waals surface area contributed by atoms with Crippen LogP contribution in [0, 0.1) is 15.9 Å². The van der Waals surface area contributed by atoms with E-state index in [1.54, 1.807) is 18.2 Å². The van der Waals surface area contributed by atoms with E-state index in [2.05, 4.69) is 10.6 Å². The van der Waals surface area contributed by atoms with Crippen molar-refractivity contribution in [2.24, 2.45) is 0 Å². The maximum Gasteiger partial charge on any atom is 0.269 e. The molecule has 3 aromatic carbocycles. The number of carbonyl (C=O) groups is 2. The van der Waals surface area contributed by atoms with Crippen molar-refractivity contribution in [1.29, 1.82) is 0 Å². The van der Waals surface area contributed by atoms with Crippen molar-refractivity contribution >= 4 is 35.0 Å². The van der Waals surface area contributed by atoms with Crippen molar-refractivity contribution in [3.63, 3.8) is 0 Å². The van der Waals surface area contributed by atoms with E-state index in [9.17, 15) is 24.1 Å². The third kappa shape index (κ3) is 5.59. The van der Waals surface area contributed by atoms with Crippen LogP contribution in [0.1, 0.15) is 15.9 Å². The minimum absolute atomic E-state index is 0.0349. The van der Waals surface area contributed by atoms with Crippen LogP contribution in [0.25, 0.3) is 6.08 Å². The molecule has 0 bridgehead atoms. The van der Waals surface area contributed by atoms with Gasteiger partial charge in [0, 0.05) is 35.1 Å². The highest BCUT2D eigenvalue weighted by atomic mass is 19.1. The number of non-ortho nitro benzene ring substituents is 1. The molecule has 0 aliphatic carbocycles. The van der Waals surface area contributed by atoms with Crippen molar-refractivity contribution in [3.8, 4) is 0 Å². The van der Waals surface area contributed by atoms with Crippen LogP contribution < -0.4 is 10.6 Å². The van der Waals surface area contributed by atoms with Crippen molar-refractivity contribution in [2.75, 3.05) is 10.6 Å². The molecule has 0 heterocycles. The average molecular weight is 405 g/mol. The second kappa shape index (κ2) is 9.24. The molecule has 7 nitrogen and oxygen atoms in total. The van der Waals surface area contributed by atoms with Gasteiger partial charge in [-0.3, -0.25) is 19.7 Å². The summed E-state index contributed by atoms with van der Waals surface area (Å²) >= 11 is 0. The van der Waals surface area contributed by atoms with Crippen LogP contribution in [0.3, 0.4) is 0 Å². The Balaban J connectivity index is 1.62. The molecule has 0 radical (unpaired) electrons. The molecular formula is C22H16FN3O4. The van der Waals surface area contributed by atoms with Crippen LogP contribution in [0.5, 0.6) is 0 Å². The van der Waals surface area contributed by atoms with Crippen molar-refractivity contribution in [3.05, 3.63) is 106 Å². The van der Waals surface area contributed by atoms with E-state index in [0.717, 1.165) is 0 Å². The molecular weight excluding hydrogens is 389 g/mol. The molecule has 0 aliphatic rings. The van der Waals surface area contributed by atoms with Gasteiger partial charge >= 0.3 is 0 Å². The minimum atomic E-state index is -0.501. The van der Waals surface area contributed by atoms with Crippen LogP contribution in [0.2, 0.25) is 0 Å². The number of benzene rings is 3. The number of amides is 2. The summed E-state index contributed by atoms with van der Waals surface area (Å²) in [5, 5.41) is 15.9. The number of hydrogen-bond acceptors (Lipinski definition) is 4. The van der Waals surface area contributed by atoms with E-state index in [-0.39, 0.29) is 5.69 Å². The van der Waals surface area contributed by atoms with Gasteiger partial charge in [-0.05, 0) is 66.2 Å². The monoisotopic (exact) mass is 405 g/mol. The molecule has 2 N–H and O–H groups in total. The second-order valence-electron chi connectivity index (χ2n) is 6.21. The van der Waals surface area contributed by atoms with E-state index in [0.29, 0.717) is 22.5 Å². The predicted molar refractivity (Wildman–Crippen MR) is 112 cm³/mol. The maximum atomic E-state index is 13.0. The number of anilines is 2. The van der Waals surface area contributed by atoms with Gasteiger partial charge in [-0.2, -0.15) is 0 Å². The summed E-state index contributed by atoms with van der Waals surface area (Å²) in [5.41, 5.74) is 1.77. The van der Waals surface area contributed by atoms with E-state index in [1.165, 1.54) is 66.7 Å². The van der Waals surface area contributed by atoms with Gasteiger partial charge in [0.15, 0.2) is 0 Å². The molecule has 3 aromatic rings. The van der Waals surface area contributed by atoms with Gasteiger partial charge in [-0.25, -0.2) is 4.39 Å². The number of nitrogens with zero attached hydrogens (tertiary/aromatic N) is 1. The third-order valence-electron chi connectivity index (χ3n) is 4.03. The first-order valence-corrected chi connectivity index (χ1v) is 8.81. The minimum Gasteiger partial charge on any atom is -0.322 e. The molecule has 0 spiro atoms. The molecule has 0 aromatic heterocycles. The lowest BCUT2D eigenvalue weighted by molar-refractivity contribution is -0.384. The Morgan fingerprint density at radius 1 is 0.900 bits per heavy atom. The summed E-state index contributed by atoms with van der Waals surface area (Å²) in [6.07, 6.45) is 2.80. The Morgan fingerprint density at radius 2 is 1.60 bits per heavy atom. The van der Waals surface area contributed by atoms with E-state index in [4.69, 9.17) is 0 Å². The molecule has 8 heteroatoms. The van der Waals surface area contributed by atoms with Crippen molar-refractivity contribution in [2.45, 2.75) is 0 Å². The molecule has 0 saturated heterocycles. The zero-order valence-electron chi connectivity index (χ0n) is 15.5. The number of halogens is 1. The molecule has 0 saturated carbocycles. The van der Waals surface area contributed by atoms with Gasteiger partial charge in [-0.15, -0.1) is 0 Å². The Bertz CT molecular complexity index is 1110. The molecule has 0 unspecified atom stereocenters. The van der Waals surface area contributed by atoms with Crippen LogP contribution in [0.4, 0.5) is 21.5 Å². The summed E-state index contributed by atoms with van der Waals surface area (Å²) in [6.45, 7) is 0. The summed E-state index contributed by atoms with van der Waals surface area (Å²) in [5.74, 6) is -1.23. The summed E-state index contributed by atoms with van der Waals surface area (Å²) in [6, 6.07) is 17.5. The van der Waals surface area contributed by atoms with Crippen molar-refractivity contribution in [1.82, 2.24) is 0 Å². The smallest absolute Gasteiger partial charge is 0.269 e. The molecule has 0 fully saturated rings. The zero-order valence-corrected chi connectivity index (χ0v) is 15.5. The van der Waals surface area contributed by atoms with Gasteiger partial charge in [0.05, 0.1) is 4.92 Å². The number of hydrogen-bond donors (Lipinski definition) is 2. The Morgan fingerprint density at radius 3 is 2.27 bits per heavy atom. The summed E-state index contributed by atoms with van der Waals surface area (Å²) in [7, 11) is 0. The highest BCUT2D eigenvalue weighted by Crippen LogP contribution is 2.15. The fourth-order valence-corrected chi connectivity index (χ4v) is 2.54. The summed E-state index contributed by atoms with van der Waals surface area (Å²) in [4.78, 5) is 34.6. The lowest BCUT2D eigenvalue weighted by Crippen LogP contribution is -2.13. The first-order chi connectivity index (χ1) is 14.4. The van der Waals surface area contributed by atoms with Gasteiger partial charge in [0.2, 0.25) is 5.91 Å². The van der Waals surface area contributed by atoms with Gasteiger partial charge in [-0.1, -0.05) is 6.07 Å². The summed E-state index contributed by atoms with van der Waals surface area (Å²) < 4.78 is 13.0. The molecule has 3 rings (SSSR count). The first kappa shape index (κ1) is 20.4. The number of rotatable bonds is 6. The highest BCUT2D eigenvalue weighted by molar-refractivity contribution is 6.06. The van der Waals surface area contributed by atoms with E-state index < -0.39 is 22.6 Å². The second-order valence-corrected chi connectivity index (χ2v) is 6.21. The zero-order chi connectivity index (χ0) is 21.5. The SMILES string of the molecule is O=C(/C=C/c1ccc([N+](=O)[O-])cc1)Nc1cccc(C(=O)Nc2ccc(F)cc2)c1. The molecule has 30 heavy (non-hydrogen) atoms. The van der Waals surface area contributed by atoms with E-state index in [1.807, 2.05) is 0 Å². The molecule has 2 amide bonds. The number of nitro groups is 1.